The molecule has 1 aromatic heterocycles. The van der Waals surface area contributed by atoms with Gasteiger partial charge in [0.2, 0.25) is 0 Å². The quantitative estimate of drug-likeness (QED) is 0.586. The van der Waals surface area contributed by atoms with Crippen molar-refractivity contribution < 1.29 is 9.53 Å². The molecule has 0 bridgehead atoms. The molecule has 1 aliphatic heterocycles. The van der Waals surface area contributed by atoms with Gasteiger partial charge in [-0.3, -0.25) is 19.3 Å². The van der Waals surface area contributed by atoms with Gasteiger partial charge >= 0.3 is 0 Å². The molecule has 0 saturated carbocycles. The number of nitrogens with one attached hydrogen (secondary N) is 1. The van der Waals surface area contributed by atoms with Gasteiger partial charge in [0, 0.05) is 57.1 Å². The van der Waals surface area contributed by atoms with Crippen molar-refractivity contribution in [2.45, 2.75) is 31.8 Å². The fourth-order valence-corrected chi connectivity index (χ4v) is 5.39. The lowest BCUT2D eigenvalue weighted by molar-refractivity contribution is 0.0383. The first-order chi connectivity index (χ1) is 16.6. The molecule has 7 heteroatoms. The smallest absolute Gasteiger partial charge is 0.272 e. The highest BCUT2D eigenvalue weighted by molar-refractivity contribution is 5.94. The third kappa shape index (κ3) is 4.87. The average molecular weight is 462 g/mol. The molecule has 2 aliphatic rings. The van der Waals surface area contributed by atoms with Crippen molar-refractivity contribution in [2.24, 2.45) is 7.05 Å². The number of amides is 1. The van der Waals surface area contributed by atoms with Crippen molar-refractivity contribution in [1.82, 2.24) is 24.9 Å². The summed E-state index contributed by atoms with van der Waals surface area (Å²) in [6.07, 6.45) is 2.88. The molecule has 5 rings (SSSR count). The summed E-state index contributed by atoms with van der Waals surface area (Å²) < 4.78 is 7.31. The third-order valence-corrected chi connectivity index (χ3v) is 7.38. The van der Waals surface area contributed by atoms with Crippen LogP contribution in [-0.2, 0) is 31.2 Å². The van der Waals surface area contributed by atoms with Gasteiger partial charge in [-0.2, -0.15) is 5.10 Å². The van der Waals surface area contributed by atoms with Gasteiger partial charge < -0.3 is 10.1 Å². The van der Waals surface area contributed by atoms with Crippen LogP contribution >= 0.6 is 0 Å². The van der Waals surface area contributed by atoms with E-state index in [0.29, 0.717) is 18.3 Å². The molecule has 7 nitrogen and oxygen atoms in total. The van der Waals surface area contributed by atoms with E-state index in [9.17, 15) is 4.79 Å². The molecule has 1 fully saturated rings. The van der Waals surface area contributed by atoms with Crippen LogP contribution in [0.3, 0.4) is 0 Å². The van der Waals surface area contributed by atoms with Gasteiger partial charge in [0.05, 0.1) is 13.2 Å². The Bertz CT molecular complexity index is 1150. The molecule has 1 amide bonds. The second-order valence-corrected chi connectivity index (χ2v) is 9.56. The van der Waals surface area contributed by atoms with E-state index in [0.717, 1.165) is 64.2 Å². The van der Waals surface area contributed by atoms with Crippen molar-refractivity contribution in [3.05, 3.63) is 65.0 Å². The SMILES string of the molecule is CN(Cc1cccc2ccccc12)C1CCc2c(c(C(=O)NCCN3CCOCC3)nn2C)C1. The van der Waals surface area contributed by atoms with E-state index in [1.165, 1.54) is 22.0 Å². The Morgan fingerprint density at radius 1 is 1.18 bits per heavy atom. The van der Waals surface area contributed by atoms with E-state index in [4.69, 9.17) is 4.74 Å². The molecule has 34 heavy (non-hydrogen) atoms. The Balaban J connectivity index is 1.25. The molecule has 1 saturated heterocycles. The standard InChI is InChI=1S/C27H35N5O2/c1-30(19-21-8-5-7-20-6-3-4-9-23(20)21)22-10-11-25-24(18-22)26(29-31(25)2)27(33)28-12-13-32-14-16-34-17-15-32/h3-9,22H,10-19H2,1-2H3,(H,28,33). The number of aromatic nitrogens is 2. The highest BCUT2D eigenvalue weighted by Gasteiger charge is 2.30. The number of carbonyl (C=O) groups is 1. The second kappa shape index (κ2) is 10.3. The lowest BCUT2D eigenvalue weighted by Gasteiger charge is -2.32. The molecule has 1 aliphatic carbocycles. The monoisotopic (exact) mass is 461 g/mol. The van der Waals surface area contributed by atoms with Crippen LogP contribution in [0.1, 0.15) is 33.7 Å². The maximum absolute atomic E-state index is 13.0. The number of benzene rings is 2. The predicted octanol–water partition coefficient (Wildman–Crippen LogP) is 2.62. The fraction of sp³-hybridized carbons (Fsp3) is 0.481. The summed E-state index contributed by atoms with van der Waals surface area (Å²) >= 11 is 0. The van der Waals surface area contributed by atoms with Gasteiger partial charge in [-0.25, -0.2) is 0 Å². The highest BCUT2D eigenvalue weighted by Crippen LogP contribution is 2.28. The summed E-state index contributed by atoms with van der Waals surface area (Å²) in [7, 11) is 4.17. The van der Waals surface area contributed by atoms with Crippen LogP contribution in [0.15, 0.2) is 42.5 Å². The van der Waals surface area contributed by atoms with E-state index in [1.54, 1.807) is 0 Å². The summed E-state index contributed by atoms with van der Waals surface area (Å²) in [6.45, 7) is 5.78. The zero-order chi connectivity index (χ0) is 23.5. The first-order valence-corrected chi connectivity index (χ1v) is 12.4. The number of hydrogen-bond acceptors (Lipinski definition) is 5. The number of carbonyl (C=O) groups excluding carboxylic acids is 1. The van der Waals surface area contributed by atoms with Crippen molar-refractivity contribution >= 4 is 16.7 Å². The Labute approximate surface area is 201 Å². The number of aryl methyl sites for hydroxylation is 1. The lowest BCUT2D eigenvalue weighted by Crippen LogP contribution is -2.41. The van der Waals surface area contributed by atoms with Crippen LogP contribution in [0.5, 0.6) is 0 Å². The summed E-state index contributed by atoms with van der Waals surface area (Å²) in [5.41, 5.74) is 4.27. The van der Waals surface area contributed by atoms with E-state index in [-0.39, 0.29) is 5.91 Å². The summed E-state index contributed by atoms with van der Waals surface area (Å²) in [5, 5.41) is 10.3. The number of fused-ring (bicyclic) bond motifs is 2. The molecule has 1 N–H and O–H groups in total. The zero-order valence-electron chi connectivity index (χ0n) is 20.3. The molecular formula is C27H35N5O2. The van der Waals surface area contributed by atoms with E-state index < -0.39 is 0 Å². The van der Waals surface area contributed by atoms with Crippen LogP contribution in [0.25, 0.3) is 10.8 Å². The molecule has 2 heterocycles. The summed E-state index contributed by atoms with van der Waals surface area (Å²) in [6, 6.07) is 15.5. The van der Waals surface area contributed by atoms with Crippen LogP contribution in [0, 0.1) is 0 Å². The number of rotatable bonds is 7. The van der Waals surface area contributed by atoms with Crippen molar-refractivity contribution in [3.63, 3.8) is 0 Å². The molecule has 2 aromatic carbocycles. The molecule has 3 aromatic rings. The zero-order valence-corrected chi connectivity index (χ0v) is 20.3. The molecule has 1 unspecified atom stereocenters. The minimum Gasteiger partial charge on any atom is -0.379 e. The van der Waals surface area contributed by atoms with E-state index >= 15 is 0 Å². The fourth-order valence-electron chi connectivity index (χ4n) is 5.39. The number of likely N-dealkylation sites (N-methyl/N-ethyl adjacent to an activating group) is 1. The number of morpholine rings is 1. The Morgan fingerprint density at radius 3 is 2.82 bits per heavy atom. The van der Waals surface area contributed by atoms with Crippen LogP contribution in [0.2, 0.25) is 0 Å². The Morgan fingerprint density at radius 2 is 1.97 bits per heavy atom. The Kier molecular flexibility index (Phi) is 6.94. The Hall–Kier alpha value is -2.74. The van der Waals surface area contributed by atoms with Crippen LogP contribution in [0.4, 0.5) is 0 Å². The van der Waals surface area contributed by atoms with Crippen molar-refractivity contribution in [3.8, 4) is 0 Å². The molecule has 0 spiro atoms. The number of nitrogens with zero attached hydrogens (tertiary/aromatic N) is 4. The van der Waals surface area contributed by atoms with Crippen LogP contribution < -0.4 is 5.32 Å². The first-order valence-electron chi connectivity index (χ1n) is 12.4. The van der Waals surface area contributed by atoms with Gasteiger partial charge in [-0.05, 0) is 42.6 Å². The first kappa shape index (κ1) is 23.0. The minimum absolute atomic E-state index is 0.0533. The van der Waals surface area contributed by atoms with Crippen LogP contribution in [-0.4, -0.2) is 78.0 Å². The van der Waals surface area contributed by atoms with Gasteiger partial charge in [0.25, 0.3) is 5.91 Å². The number of hydrogen-bond donors (Lipinski definition) is 1. The lowest BCUT2D eigenvalue weighted by atomic mass is 9.90. The van der Waals surface area contributed by atoms with Gasteiger partial charge in [0.1, 0.15) is 0 Å². The topological polar surface area (TPSA) is 62.6 Å². The number of ether oxygens (including phenoxy) is 1. The molecule has 0 radical (unpaired) electrons. The normalized spacial score (nSPS) is 18.9. The molecule has 180 valence electrons. The van der Waals surface area contributed by atoms with Gasteiger partial charge in [-0.15, -0.1) is 0 Å². The van der Waals surface area contributed by atoms with E-state index in [1.807, 2.05) is 11.7 Å². The van der Waals surface area contributed by atoms with E-state index in [2.05, 4.69) is 69.7 Å². The van der Waals surface area contributed by atoms with Crippen molar-refractivity contribution in [2.75, 3.05) is 46.4 Å². The average Bonchev–Trinajstić information content (AvgIpc) is 3.21. The minimum atomic E-state index is -0.0533. The van der Waals surface area contributed by atoms with Gasteiger partial charge in [-0.1, -0.05) is 42.5 Å². The maximum Gasteiger partial charge on any atom is 0.272 e. The summed E-state index contributed by atoms with van der Waals surface area (Å²) in [4.78, 5) is 17.8. The summed E-state index contributed by atoms with van der Waals surface area (Å²) in [5.74, 6) is -0.0533. The van der Waals surface area contributed by atoms with Crippen molar-refractivity contribution in [1.29, 1.82) is 0 Å². The molecule has 1 atom stereocenters. The third-order valence-electron chi connectivity index (χ3n) is 7.38. The molecular weight excluding hydrogens is 426 g/mol. The maximum atomic E-state index is 13.0. The largest absolute Gasteiger partial charge is 0.379 e. The van der Waals surface area contributed by atoms with Gasteiger partial charge in [0.15, 0.2) is 5.69 Å². The predicted molar refractivity (Wildman–Crippen MR) is 134 cm³/mol. The highest BCUT2D eigenvalue weighted by atomic mass is 16.5. The second-order valence-electron chi connectivity index (χ2n) is 9.56.